The van der Waals surface area contributed by atoms with Gasteiger partial charge in [-0.15, -0.1) is 0 Å². The second-order valence-corrected chi connectivity index (χ2v) is 6.38. The van der Waals surface area contributed by atoms with Gasteiger partial charge in [-0.1, -0.05) is 32.1 Å². The average Bonchev–Trinajstić information content (AvgIpc) is 2.40. The lowest BCUT2D eigenvalue weighted by molar-refractivity contribution is 0.143. The van der Waals surface area contributed by atoms with E-state index >= 15 is 0 Å². The molecule has 1 aliphatic heterocycles. The Labute approximate surface area is 107 Å². The van der Waals surface area contributed by atoms with E-state index in [4.69, 9.17) is 0 Å². The summed E-state index contributed by atoms with van der Waals surface area (Å²) in [4.78, 5) is 2.47. The predicted molar refractivity (Wildman–Crippen MR) is 74.3 cm³/mol. The second-order valence-electron chi connectivity index (χ2n) is 6.38. The van der Waals surface area contributed by atoms with Crippen LogP contribution in [-0.4, -0.2) is 37.6 Å². The fourth-order valence-corrected chi connectivity index (χ4v) is 3.63. The number of hydrogen-bond acceptors (Lipinski definition) is 2. The molecule has 2 aliphatic rings. The fraction of sp³-hybridized carbons (Fsp3) is 1.00. The first kappa shape index (κ1) is 13.4. The lowest BCUT2D eigenvalue weighted by atomic mass is 9.78. The van der Waals surface area contributed by atoms with Gasteiger partial charge in [-0.05, 0) is 58.8 Å². The van der Waals surface area contributed by atoms with Crippen molar-refractivity contribution in [2.24, 2.45) is 5.92 Å². The SMILES string of the molecule is CNC1(CCC2CCCCC2)CCN(C)CC1. The molecule has 0 atom stereocenters. The Hall–Kier alpha value is -0.0800. The first-order valence-corrected chi connectivity index (χ1v) is 7.62. The van der Waals surface area contributed by atoms with Gasteiger partial charge in [0.05, 0.1) is 0 Å². The van der Waals surface area contributed by atoms with E-state index in [1.54, 1.807) is 0 Å². The molecule has 2 rings (SSSR count). The van der Waals surface area contributed by atoms with Crippen LogP contribution in [0.5, 0.6) is 0 Å². The highest BCUT2D eigenvalue weighted by molar-refractivity contribution is 4.92. The van der Waals surface area contributed by atoms with E-state index in [2.05, 4.69) is 24.3 Å². The summed E-state index contributed by atoms with van der Waals surface area (Å²) in [6, 6.07) is 0. The fourth-order valence-electron chi connectivity index (χ4n) is 3.63. The normalized spacial score (nSPS) is 27.2. The van der Waals surface area contributed by atoms with Crippen LogP contribution < -0.4 is 5.32 Å². The molecule has 0 aromatic carbocycles. The third kappa shape index (κ3) is 3.69. The molecule has 0 radical (unpaired) electrons. The zero-order chi connectivity index (χ0) is 12.1. The van der Waals surface area contributed by atoms with Crippen LogP contribution in [0.3, 0.4) is 0 Å². The molecule has 0 aromatic rings. The van der Waals surface area contributed by atoms with Crippen LogP contribution >= 0.6 is 0 Å². The van der Waals surface area contributed by atoms with Crippen LogP contribution in [0.15, 0.2) is 0 Å². The van der Waals surface area contributed by atoms with Crippen molar-refractivity contribution in [1.82, 2.24) is 10.2 Å². The van der Waals surface area contributed by atoms with E-state index in [1.807, 2.05) is 0 Å². The first-order chi connectivity index (χ1) is 8.24. The molecule has 0 bridgehead atoms. The van der Waals surface area contributed by atoms with Gasteiger partial charge in [-0.3, -0.25) is 0 Å². The summed E-state index contributed by atoms with van der Waals surface area (Å²) in [7, 11) is 4.42. The number of nitrogens with one attached hydrogen (secondary N) is 1. The molecule has 1 saturated heterocycles. The van der Waals surface area contributed by atoms with E-state index in [1.165, 1.54) is 70.9 Å². The number of hydrogen-bond donors (Lipinski definition) is 1. The van der Waals surface area contributed by atoms with Crippen LogP contribution in [0.4, 0.5) is 0 Å². The maximum absolute atomic E-state index is 3.65. The van der Waals surface area contributed by atoms with Crippen LogP contribution in [0, 0.1) is 5.92 Å². The number of likely N-dealkylation sites (tertiary alicyclic amines) is 1. The van der Waals surface area contributed by atoms with Crippen molar-refractivity contribution >= 4 is 0 Å². The van der Waals surface area contributed by atoms with Crippen LogP contribution in [0.25, 0.3) is 0 Å². The van der Waals surface area contributed by atoms with Gasteiger partial charge >= 0.3 is 0 Å². The molecule has 0 aromatic heterocycles. The van der Waals surface area contributed by atoms with Gasteiger partial charge in [0.1, 0.15) is 0 Å². The smallest absolute Gasteiger partial charge is 0.0203 e. The molecular formula is C15H30N2. The molecule has 1 N–H and O–H groups in total. The van der Waals surface area contributed by atoms with Gasteiger partial charge in [-0.25, -0.2) is 0 Å². The van der Waals surface area contributed by atoms with Crippen molar-refractivity contribution in [3.63, 3.8) is 0 Å². The summed E-state index contributed by atoms with van der Waals surface area (Å²) in [5, 5.41) is 3.65. The summed E-state index contributed by atoms with van der Waals surface area (Å²) in [5.41, 5.74) is 0.462. The molecule has 1 saturated carbocycles. The Bertz CT molecular complexity index is 213. The highest BCUT2D eigenvalue weighted by atomic mass is 15.1. The molecule has 0 spiro atoms. The van der Waals surface area contributed by atoms with Crippen molar-refractivity contribution in [3.05, 3.63) is 0 Å². The van der Waals surface area contributed by atoms with Crippen LogP contribution in [0.2, 0.25) is 0 Å². The van der Waals surface area contributed by atoms with Gasteiger partial charge in [0.25, 0.3) is 0 Å². The molecule has 17 heavy (non-hydrogen) atoms. The lowest BCUT2D eigenvalue weighted by Crippen LogP contribution is -2.51. The van der Waals surface area contributed by atoms with Crippen LogP contribution in [0.1, 0.15) is 57.8 Å². The number of piperidine rings is 1. The largest absolute Gasteiger partial charge is 0.314 e. The van der Waals surface area contributed by atoms with Crippen molar-refractivity contribution in [2.75, 3.05) is 27.2 Å². The van der Waals surface area contributed by atoms with E-state index in [0.717, 1.165) is 5.92 Å². The standard InChI is InChI=1S/C15H30N2/c1-16-15(10-12-17(2)13-11-15)9-8-14-6-4-3-5-7-14/h14,16H,3-13H2,1-2H3. The molecule has 2 fully saturated rings. The topological polar surface area (TPSA) is 15.3 Å². The zero-order valence-corrected chi connectivity index (χ0v) is 11.8. The van der Waals surface area contributed by atoms with E-state index in [0.29, 0.717) is 5.54 Å². The summed E-state index contributed by atoms with van der Waals surface area (Å²) in [6.45, 7) is 2.54. The van der Waals surface area contributed by atoms with Crippen molar-refractivity contribution < 1.29 is 0 Å². The Morgan fingerprint density at radius 1 is 1.12 bits per heavy atom. The van der Waals surface area contributed by atoms with Crippen molar-refractivity contribution in [3.8, 4) is 0 Å². The summed E-state index contributed by atoms with van der Waals surface area (Å²) < 4.78 is 0. The molecule has 0 unspecified atom stereocenters. The van der Waals surface area contributed by atoms with Gasteiger partial charge in [0.15, 0.2) is 0 Å². The molecule has 100 valence electrons. The van der Waals surface area contributed by atoms with Crippen molar-refractivity contribution in [1.29, 1.82) is 0 Å². The average molecular weight is 238 g/mol. The minimum absolute atomic E-state index is 0.462. The Kier molecular flexibility index (Phi) is 4.87. The Morgan fingerprint density at radius 2 is 1.76 bits per heavy atom. The Balaban J connectivity index is 1.78. The summed E-state index contributed by atoms with van der Waals surface area (Å²) in [6.07, 6.45) is 13.0. The zero-order valence-electron chi connectivity index (χ0n) is 11.8. The minimum atomic E-state index is 0.462. The number of rotatable bonds is 4. The quantitative estimate of drug-likeness (QED) is 0.810. The summed E-state index contributed by atoms with van der Waals surface area (Å²) in [5.74, 6) is 1.04. The third-order valence-corrected chi connectivity index (χ3v) is 5.23. The maximum atomic E-state index is 3.65. The van der Waals surface area contributed by atoms with Gasteiger partial charge in [-0.2, -0.15) is 0 Å². The highest BCUT2D eigenvalue weighted by Crippen LogP contribution is 2.33. The summed E-state index contributed by atoms with van der Waals surface area (Å²) >= 11 is 0. The lowest BCUT2D eigenvalue weighted by Gasteiger charge is -2.41. The monoisotopic (exact) mass is 238 g/mol. The second kappa shape index (κ2) is 6.19. The molecule has 1 heterocycles. The molecule has 1 aliphatic carbocycles. The van der Waals surface area contributed by atoms with E-state index < -0.39 is 0 Å². The highest BCUT2D eigenvalue weighted by Gasteiger charge is 2.32. The van der Waals surface area contributed by atoms with Gasteiger partial charge in [0.2, 0.25) is 0 Å². The predicted octanol–water partition coefficient (Wildman–Crippen LogP) is 3.03. The molecule has 2 heteroatoms. The maximum Gasteiger partial charge on any atom is 0.0203 e. The minimum Gasteiger partial charge on any atom is -0.314 e. The van der Waals surface area contributed by atoms with E-state index in [-0.39, 0.29) is 0 Å². The van der Waals surface area contributed by atoms with Crippen LogP contribution in [-0.2, 0) is 0 Å². The van der Waals surface area contributed by atoms with Gasteiger partial charge in [0, 0.05) is 5.54 Å². The first-order valence-electron chi connectivity index (χ1n) is 7.62. The molecule has 2 nitrogen and oxygen atoms in total. The number of nitrogens with zero attached hydrogens (tertiary/aromatic N) is 1. The molecular weight excluding hydrogens is 208 g/mol. The van der Waals surface area contributed by atoms with Gasteiger partial charge < -0.3 is 10.2 Å². The third-order valence-electron chi connectivity index (χ3n) is 5.23. The Morgan fingerprint density at radius 3 is 2.35 bits per heavy atom. The molecule has 0 amide bonds. The van der Waals surface area contributed by atoms with Crippen molar-refractivity contribution in [2.45, 2.75) is 63.3 Å². The van der Waals surface area contributed by atoms with E-state index in [9.17, 15) is 0 Å².